The predicted molar refractivity (Wildman–Crippen MR) is 67.0 cm³/mol. The summed E-state index contributed by atoms with van der Waals surface area (Å²) in [6.07, 6.45) is 5.24. The summed E-state index contributed by atoms with van der Waals surface area (Å²) in [5.74, 6) is -0.137. The highest BCUT2D eigenvalue weighted by molar-refractivity contribution is 6.03. The lowest BCUT2D eigenvalue weighted by molar-refractivity contribution is 0.102. The number of carbonyl (C=O) groups excluding carboxylic acids is 1. The molecule has 2 heterocycles. The largest absolute Gasteiger partial charge is 0.382 e. The molecule has 7 nitrogen and oxygen atoms in total. The highest BCUT2D eigenvalue weighted by Gasteiger charge is 2.12. The van der Waals surface area contributed by atoms with Crippen molar-refractivity contribution in [1.82, 2.24) is 19.7 Å². The lowest BCUT2D eigenvalue weighted by Crippen LogP contribution is -2.15. The summed E-state index contributed by atoms with van der Waals surface area (Å²) in [6.45, 7) is 1.97. The highest BCUT2D eigenvalue weighted by Crippen LogP contribution is 2.14. The number of amides is 1. The maximum atomic E-state index is 11.9. The standard InChI is InChI=1S/C11H14N6O/c1-3-7-9(6-17(2)16-7)15-11(18)8-4-13-5-10(12)14-8/h4-6H,3H2,1-2H3,(H2,12,14)(H,15,18). The lowest BCUT2D eigenvalue weighted by Gasteiger charge is -2.03. The minimum absolute atomic E-state index is 0.181. The Hall–Kier alpha value is -2.44. The van der Waals surface area contributed by atoms with E-state index < -0.39 is 0 Å². The van der Waals surface area contributed by atoms with E-state index in [1.165, 1.54) is 12.4 Å². The zero-order valence-corrected chi connectivity index (χ0v) is 10.2. The molecule has 0 aliphatic rings. The number of aryl methyl sites for hydroxylation is 2. The molecule has 0 radical (unpaired) electrons. The molecule has 0 aromatic carbocycles. The third-order valence-electron chi connectivity index (χ3n) is 2.37. The number of rotatable bonds is 3. The van der Waals surface area contributed by atoms with E-state index in [4.69, 9.17) is 5.73 Å². The smallest absolute Gasteiger partial charge is 0.276 e. The Balaban J connectivity index is 2.21. The fourth-order valence-corrected chi connectivity index (χ4v) is 1.58. The second kappa shape index (κ2) is 4.82. The first kappa shape index (κ1) is 12.0. The summed E-state index contributed by atoms with van der Waals surface area (Å²) in [7, 11) is 1.80. The van der Waals surface area contributed by atoms with Gasteiger partial charge in [0.15, 0.2) is 0 Å². The highest BCUT2D eigenvalue weighted by atomic mass is 16.1. The Labute approximate surface area is 104 Å². The molecule has 2 aromatic heterocycles. The van der Waals surface area contributed by atoms with Gasteiger partial charge in [0.1, 0.15) is 11.5 Å². The molecule has 0 unspecified atom stereocenters. The molecule has 0 fully saturated rings. The number of nitrogens with two attached hydrogens (primary N) is 1. The summed E-state index contributed by atoms with van der Waals surface area (Å²) in [6, 6.07) is 0. The zero-order chi connectivity index (χ0) is 13.1. The third-order valence-corrected chi connectivity index (χ3v) is 2.37. The van der Waals surface area contributed by atoms with Crippen LogP contribution in [0.2, 0.25) is 0 Å². The van der Waals surface area contributed by atoms with Crippen LogP contribution < -0.4 is 11.1 Å². The molecule has 7 heteroatoms. The van der Waals surface area contributed by atoms with Crippen LogP contribution in [0.3, 0.4) is 0 Å². The summed E-state index contributed by atoms with van der Waals surface area (Å²) >= 11 is 0. The van der Waals surface area contributed by atoms with Crippen molar-refractivity contribution in [2.24, 2.45) is 7.05 Å². The van der Waals surface area contributed by atoms with Crippen LogP contribution in [0, 0.1) is 0 Å². The van der Waals surface area contributed by atoms with Crippen LogP contribution in [0.1, 0.15) is 23.1 Å². The number of nitrogen functional groups attached to an aromatic ring is 1. The molecule has 0 aliphatic carbocycles. The predicted octanol–water partition coefficient (Wildman–Crippen LogP) is 0.607. The van der Waals surface area contributed by atoms with E-state index in [0.717, 1.165) is 12.1 Å². The van der Waals surface area contributed by atoms with Gasteiger partial charge in [0, 0.05) is 13.2 Å². The maximum absolute atomic E-state index is 11.9. The fourth-order valence-electron chi connectivity index (χ4n) is 1.58. The molecule has 0 saturated carbocycles. The van der Waals surface area contributed by atoms with Gasteiger partial charge < -0.3 is 11.1 Å². The van der Waals surface area contributed by atoms with Gasteiger partial charge in [-0.05, 0) is 6.42 Å². The minimum atomic E-state index is -0.350. The Morgan fingerprint density at radius 1 is 1.50 bits per heavy atom. The van der Waals surface area contributed by atoms with Gasteiger partial charge in [0.05, 0.1) is 23.8 Å². The van der Waals surface area contributed by atoms with Crippen molar-refractivity contribution in [1.29, 1.82) is 0 Å². The van der Waals surface area contributed by atoms with E-state index in [1.54, 1.807) is 17.9 Å². The molecule has 18 heavy (non-hydrogen) atoms. The summed E-state index contributed by atoms with van der Waals surface area (Å²) in [4.78, 5) is 19.7. The first-order valence-corrected chi connectivity index (χ1v) is 5.51. The average Bonchev–Trinajstić information content (AvgIpc) is 2.69. The van der Waals surface area contributed by atoms with Gasteiger partial charge in [0.2, 0.25) is 0 Å². The van der Waals surface area contributed by atoms with Crippen molar-refractivity contribution in [3.63, 3.8) is 0 Å². The van der Waals surface area contributed by atoms with Crippen LogP contribution in [-0.2, 0) is 13.5 Å². The Morgan fingerprint density at radius 2 is 2.28 bits per heavy atom. The number of anilines is 2. The fraction of sp³-hybridized carbons (Fsp3) is 0.273. The number of hydrogen-bond acceptors (Lipinski definition) is 5. The van der Waals surface area contributed by atoms with Crippen LogP contribution in [0.5, 0.6) is 0 Å². The molecule has 0 bridgehead atoms. The van der Waals surface area contributed by atoms with E-state index in [0.29, 0.717) is 5.69 Å². The number of hydrogen-bond donors (Lipinski definition) is 2. The van der Waals surface area contributed by atoms with Crippen LogP contribution in [-0.4, -0.2) is 25.7 Å². The quantitative estimate of drug-likeness (QED) is 0.826. The van der Waals surface area contributed by atoms with E-state index >= 15 is 0 Å². The maximum Gasteiger partial charge on any atom is 0.276 e. The molecule has 0 saturated heterocycles. The molecule has 0 aliphatic heterocycles. The van der Waals surface area contributed by atoms with Gasteiger partial charge in [-0.3, -0.25) is 14.5 Å². The van der Waals surface area contributed by atoms with Gasteiger partial charge in [-0.1, -0.05) is 6.92 Å². The number of carbonyl (C=O) groups is 1. The van der Waals surface area contributed by atoms with E-state index in [-0.39, 0.29) is 17.4 Å². The minimum Gasteiger partial charge on any atom is -0.382 e. The van der Waals surface area contributed by atoms with Crippen molar-refractivity contribution < 1.29 is 4.79 Å². The molecule has 1 amide bonds. The molecule has 0 spiro atoms. The van der Waals surface area contributed by atoms with Gasteiger partial charge in [-0.2, -0.15) is 5.10 Å². The lowest BCUT2D eigenvalue weighted by atomic mass is 10.3. The second-order valence-corrected chi connectivity index (χ2v) is 3.80. The summed E-state index contributed by atoms with van der Waals surface area (Å²) in [5, 5.41) is 6.98. The van der Waals surface area contributed by atoms with Crippen molar-refractivity contribution in [3.05, 3.63) is 30.0 Å². The number of nitrogens with zero attached hydrogens (tertiary/aromatic N) is 4. The Bertz CT molecular complexity index is 577. The van der Waals surface area contributed by atoms with Gasteiger partial charge >= 0.3 is 0 Å². The van der Waals surface area contributed by atoms with Crippen LogP contribution in [0.15, 0.2) is 18.6 Å². The number of aromatic nitrogens is 4. The topological polar surface area (TPSA) is 98.7 Å². The normalized spacial score (nSPS) is 10.3. The zero-order valence-electron chi connectivity index (χ0n) is 10.2. The molecule has 94 valence electrons. The van der Waals surface area contributed by atoms with Gasteiger partial charge in [0.25, 0.3) is 5.91 Å². The Kier molecular flexibility index (Phi) is 3.22. The first-order chi connectivity index (χ1) is 8.60. The van der Waals surface area contributed by atoms with E-state index in [2.05, 4.69) is 20.4 Å². The average molecular weight is 246 g/mol. The van der Waals surface area contributed by atoms with Crippen molar-refractivity contribution in [2.45, 2.75) is 13.3 Å². The Morgan fingerprint density at radius 3 is 2.94 bits per heavy atom. The third kappa shape index (κ3) is 2.45. The molecular formula is C11H14N6O. The molecule has 0 atom stereocenters. The van der Waals surface area contributed by atoms with E-state index in [9.17, 15) is 4.79 Å². The van der Waals surface area contributed by atoms with E-state index in [1.807, 2.05) is 6.92 Å². The first-order valence-electron chi connectivity index (χ1n) is 5.51. The summed E-state index contributed by atoms with van der Waals surface area (Å²) in [5.41, 5.74) is 7.16. The molecule has 2 rings (SSSR count). The van der Waals surface area contributed by atoms with Crippen LogP contribution in [0.25, 0.3) is 0 Å². The summed E-state index contributed by atoms with van der Waals surface area (Å²) < 4.78 is 1.65. The SMILES string of the molecule is CCc1nn(C)cc1NC(=O)c1cncc(N)n1. The number of nitrogens with one attached hydrogen (secondary N) is 1. The van der Waals surface area contributed by atoms with Gasteiger partial charge in [-0.15, -0.1) is 0 Å². The van der Waals surface area contributed by atoms with Crippen LogP contribution >= 0.6 is 0 Å². The molecule has 2 aromatic rings. The molecule has 3 N–H and O–H groups in total. The van der Waals surface area contributed by atoms with Crippen molar-refractivity contribution >= 4 is 17.4 Å². The van der Waals surface area contributed by atoms with Gasteiger partial charge in [-0.25, -0.2) is 4.98 Å². The van der Waals surface area contributed by atoms with Crippen LogP contribution in [0.4, 0.5) is 11.5 Å². The monoisotopic (exact) mass is 246 g/mol. The second-order valence-electron chi connectivity index (χ2n) is 3.80. The van der Waals surface area contributed by atoms with Crippen molar-refractivity contribution in [3.8, 4) is 0 Å². The van der Waals surface area contributed by atoms with Crippen molar-refractivity contribution in [2.75, 3.05) is 11.1 Å². The molecular weight excluding hydrogens is 232 g/mol.